The minimum atomic E-state index is -1.43. The van der Waals surface area contributed by atoms with E-state index in [9.17, 15) is 14.4 Å². The van der Waals surface area contributed by atoms with Crippen molar-refractivity contribution in [1.82, 2.24) is 0 Å². The maximum Gasteiger partial charge on any atom is 0.318 e. The molecule has 0 radical (unpaired) electrons. The van der Waals surface area contributed by atoms with Gasteiger partial charge in [0.2, 0.25) is 0 Å². The number of hydrogen-bond acceptors (Lipinski definition) is 10. The summed E-state index contributed by atoms with van der Waals surface area (Å²) in [6.45, 7) is 15.4. The number of esters is 3. The van der Waals surface area contributed by atoms with E-state index in [0.717, 1.165) is 0 Å². The van der Waals surface area contributed by atoms with Gasteiger partial charge in [-0.1, -0.05) is 6.08 Å². The van der Waals surface area contributed by atoms with Gasteiger partial charge >= 0.3 is 17.9 Å². The van der Waals surface area contributed by atoms with Crippen molar-refractivity contribution in [2.24, 2.45) is 16.2 Å². The summed E-state index contributed by atoms with van der Waals surface area (Å²) in [5, 5.41) is 0. The first-order valence-electron chi connectivity index (χ1n) is 12.2. The lowest BCUT2D eigenvalue weighted by Gasteiger charge is -2.40. The van der Waals surface area contributed by atoms with Crippen LogP contribution in [0.1, 0.15) is 61.3 Å². The maximum absolute atomic E-state index is 13.0. The second-order valence-electron chi connectivity index (χ2n) is 11.4. The molecule has 2 fully saturated rings. The van der Waals surface area contributed by atoms with Gasteiger partial charge in [0.15, 0.2) is 11.6 Å². The second-order valence-corrected chi connectivity index (χ2v) is 11.4. The molecule has 0 unspecified atom stereocenters. The fraction of sp³-hybridized carbons (Fsp3) is 0.808. The summed E-state index contributed by atoms with van der Waals surface area (Å²) in [5.41, 5.74) is -3.52. The highest BCUT2D eigenvalue weighted by Gasteiger charge is 2.47. The standard InChI is InChI=1S/C26H42O10/c1-9-10-11-12-30-19(27)24(6,13-31-20(28)25(7)15-33-22(2,3)34-16-25)14-32-21(29)26(8)17-35-23(4,5)36-18-26/h9H,1,10-18H2,2-8H3. The molecule has 0 bridgehead atoms. The van der Waals surface area contributed by atoms with Crippen molar-refractivity contribution in [3.8, 4) is 0 Å². The van der Waals surface area contributed by atoms with Crippen LogP contribution >= 0.6 is 0 Å². The molecule has 10 nitrogen and oxygen atoms in total. The average molecular weight is 515 g/mol. The Morgan fingerprint density at radius 3 is 1.53 bits per heavy atom. The molecule has 2 aliphatic rings. The quantitative estimate of drug-likeness (QED) is 0.176. The van der Waals surface area contributed by atoms with E-state index in [1.54, 1.807) is 47.6 Å². The number of ether oxygens (including phenoxy) is 7. The van der Waals surface area contributed by atoms with Gasteiger partial charge in [0.25, 0.3) is 0 Å². The van der Waals surface area contributed by atoms with Crippen LogP contribution in [0.25, 0.3) is 0 Å². The predicted octanol–water partition coefficient (Wildman–Crippen LogP) is 3.17. The molecule has 2 aliphatic heterocycles. The topological polar surface area (TPSA) is 116 Å². The second kappa shape index (κ2) is 11.6. The number of carbonyl (C=O) groups is 3. The summed E-state index contributed by atoms with van der Waals surface area (Å²) in [4.78, 5) is 38.8. The van der Waals surface area contributed by atoms with Crippen molar-refractivity contribution in [3.05, 3.63) is 12.7 Å². The molecular formula is C26H42O10. The lowest BCUT2D eigenvalue weighted by Crippen LogP contribution is -2.51. The minimum Gasteiger partial charge on any atom is -0.465 e. The Balaban J connectivity index is 2.05. The molecule has 0 aromatic heterocycles. The molecular weight excluding hydrogens is 472 g/mol. The zero-order chi connectivity index (χ0) is 27.3. The Labute approximate surface area is 213 Å². The van der Waals surface area contributed by atoms with Crippen LogP contribution < -0.4 is 0 Å². The summed E-state index contributed by atoms with van der Waals surface area (Å²) >= 11 is 0. The number of carbonyl (C=O) groups excluding carboxylic acids is 3. The highest BCUT2D eigenvalue weighted by molar-refractivity contribution is 5.81. The van der Waals surface area contributed by atoms with E-state index >= 15 is 0 Å². The molecule has 0 aromatic carbocycles. The van der Waals surface area contributed by atoms with Crippen molar-refractivity contribution in [2.45, 2.75) is 72.9 Å². The molecule has 10 heteroatoms. The van der Waals surface area contributed by atoms with Gasteiger partial charge in [0.1, 0.15) is 29.5 Å². The van der Waals surface area contributed by atoms with E-state index in [1.165, 1.54) is 6.92 Å². The minimum absolute atomic E-state index is 0.102. The van der Waals surface area contributed by atoms with E-state index in [2.05, 4.69) is 6.58 Å². The van der Waals surface area contributed by atoms with Crippen molar-refractivity contribution >= 4 is 17.9 Å². The maximum atomic E-state index is 13.0. The van der Waals surface area contributed by atoms with Crippen LogP contribution in [0.5, 0.6) is 0 Å². The van der Waals surface area contributed by atoms with Gasteiger partial charge in [0.05, 0.1) is 33.0 Å². The first-order chi connectivity index (χ1) is 16.6. The van der Waals surface area contributed by atoms with E-state index in [0.29, 0.717) is 12.8 Å². The largest absolute Gasteiger partial charge is 0.465 e. The fourth-order valence-electron chi connectivity index (χ4n) is 3.26. The van der Waals surface area contributed by atoms with Crippen LogP contribution in [0.3, 0.4) is 0 Å². The van der Waals surface area contributed by atoms with Crippen LogP contribution in [0.15, 0.2) is 12.7 Å². The molecule has 0 spiro atoms. The average Bonchev–Trinajstić information content (AvgIpc) is 2.82. The Kier molecular flexibility index (Phi) is 9.72. The molecule has 0 atom stereocenters. The number of allylic oxidation sites excluding steroid dienone is 1. The Morgan fingerprint density at radius 2 is 1.17 bits per heavy atom. The van der Waals surface area contributed by atoms with Gasteiger partial charge in [-0.05, 0) is 61.3 Å². The molecule has 0 saturated carbocycles. The van der Waals surface area contributed by atoms with E-state index in [4.69, 9.17) is 33.2 Å². The predicted molar refractivity (Wildman–Crippen MR) is 129 cm³/mol. The third-order valence-corrected chi connectivity index (χ3v) is 6.26. The van der Waals surface area contributed by atoms with E-state index in [-0.39, 0.29) is 46.2 Å². The number of rotatable bonds is 11. The summed E-state index contributed by atoms with van der Waals surface area (Å²) in [6.07, 6.45) is 3.00. The first-order valence-corrected chi connectivity index (χ1v) is 12.2. The van der Waals surface area contributed by atoms with Gasteiger partial charge in [0, 0.05) is 0 Å². The molecule has 0 N–H and O–H groups in total. The molecule has 2 rings (SSSR count). The highest BCUT2D eigenvalue weighted by Crippen LogP contribution is 2.33. The van der Waals surface area contributed by atoms with Crippen molar-refractivity contribution in [2.75, 3.05) is 46.2 Å². The normalized spacial score (nSPS) is 22.2. The molecule has 36 heavy (non-hydrogen) atoms. The molecule has 206 valence electrons. The summed E-state index contributed by atoms with van der Waals surface area (Å²) in [5.74, 6) is -3.40. The third kappa shape index (κ3) is 7.99. The molecule has 0 aromatic rings. The molecule has 2 saturated heterocycles. The lowest BCUT2D eigenvalue weighted by atomic mass is 9.89. The van der Waals surface area contributed by atoms with Crippen LogP contribution in [-0.2, 0) is 47.5 Å². The molecule has 2 heterocycles. The molecule has 0 amide bonds. The van der Waals surface area contributed by atoms with Gasteiger partial charge in [-0.15, -0.1) is 6.58 Å². The summed E-state index contributed by atoms with van der Waals surface area (Å²) in [6, 6.07) is 0. The van der Waals surface area contributed by atoms with Crippen LogP contribution in [-0.4, -0.2) is 75.7 Å². The smallest absolute Gasteiger partial charge is 0.318 e. The Morgan fingerprint density at radius 1 is 0.778 bits per heavy atom. The van der Waals surface area contributed by atoms with Crippen molar-refractivity contribution < 1.29 is 47.5 Å². The van der Waals surface area contributed by atoms with Crippen molar-refractivity contribution in [1.29, 1.82) is 0 Å². The Bertz CT molecular complexity index is 746. The zero-order valence-electron chi connectivity index (χ0n) is 22.7. The summed E-state index contributed by atoms with van der Waals surface area (Å²) < 4.78 is 38.9. The van der Waals surface area contributed by atoms with Gasteiger partial charge in [-0.3, -0.25) is 14.4 Å². The monoisotopic (exact) mass is 514 g/mol. The first kappa shape index (κ1) is 30.2. The van der Waals surface area contributed by atoms with Gasteiger partial charge in [-0.25, -0.2) is 0 Å². The zero-order valence-corrected chi connectivity index (χ0v) is 22.7. The fourth-order valence-corrected chi connectivity index (χ4v) is 3.26. The van der Waals surface area contributed by atoms with Crippen molar-refractivity contribution in [3.63, 3.8) is 0 Å². The van der Waals surface area contributed by atoms with E-state index < -0.39 is 45.7 Å². The highest BCUT2D eigenvalue weighted by atomic mass is 16.7. The van der Waals surface area contributed by atoms with Crippen LogP contribution in [0, 0.1) is 16.2 Å². The number of hydrogen-bond donors (Lipinski definition) is 0. The van der Waals surface area contributed by atoms with Gasteiger partial charge in [-0.2, -0.15) is 0 Å². The Hall–Kier alpha value is -2.01. The van der Waals surface area contributed by atoms with E-state index in [1.807, 2.05) is 0 Å². The third-order valence-electron chi connectivity index (χ3n) is 6.26. The van der Waals surface area contributed by atoms with Crippen LogP contribution in [0.4, 0.5) is 0 Å². The molecule has 0 aliphatic carbocycles. The van der Waals surface area contributed by atoms with Crippen LogP contribution in [0.2, 0.25) is 0 Å². The summed E-state index contributed by atoms with van der Waals surface area (Å²) in [7, 11) is 0. The lowest BCUT2D eigenvalue weighted by molar-refractivity contribution is -0.282. The van der Waals surface area contributed by atoms with Gasteiger partial charge < -0.3 is 33.2 Å². The number of unbranched alkanes of at least 4 members (excludes halogenated alkanes) is 1. The SMILES string of the molecule is C=CCCCOC(=O)C(C)(COC(=O)C1(C)COC(C)(C)OC1)COC(=O)C1(C)COC(C)(C)OC1.